The SMILES string of the molecule is CN1C(=O)CC(C)(C)c2cc(NS(=O)(=O)c3cccc4ccccc34)ccc21. The number of carbonyl (C=O) groups is 1. The molecule has 0 aromatic heterocycles. The average molecular weight is 394 g/mol. The molecule has 1 amide bonds. The van der Waals surface area contributed by atoms with Gasteiger partial charge < -0.3 is 4.90 Å². The molecule has 3 aromatic carbocycles. The fourth-order valence-corrected chi connectivity index (χ4v) is 5.08. The summed E-state index contributed by atoms with van der Waals surface area (Å²) in [6.07, 6.45) is 0.385. The molecule has 0 spiro atoms. The maximum atomic E-state index is 13.1. The molecule has 1 aliphatic heterocycles. The zero-order valence-electron chi connectivity index (χ0n) is 16.1. The number of nitrogens with zero attached hydrogens (tertiary/aromatic N) is 1. The van der Waals surface area contributed by atoms with Crippen LogP contribution in [0.15, 0.2) is 65.6 Å². The van der Waals surface area contributed by atoms with Crippen LogP contribution >= 0.6 is 0 Å². The highest BCUT2D eigenvalue weighted by atomic mass is 32.2. The molecule has 0 atom stereocenters. The molecule has 1 aliphatic rings. The number of benzene rings is 3. The minimum Gasteiger partial charge on any atom is -0.315 e. The molecule has 4 rings (SSSR count). The normalized spacial score (nSPS) is 16.1. The van der Waals surface area contributed by atoms with Gasteiger partial charge in [0.25, 0.3) is 10.0 Å². The fraction of sp³-hybridized carbons (Fsp3) is 0.227. The summed E-state index contributed by atoms with van der Waals surface area (Å²) in [7, 11) is -2.01. The first-order valence-corrected chi connectivity index (χ1v) is 10.6. The van der Waals surface area contributed by atoms with Crippen molar-refractivity contribution >= 4 is 38.1 Å². The number of rotatable bonds is 3. The van der Waals surface area contributed by atoms with Crippen molar-refractivity contribution in [2.75, 3.05) is 16.7 Å². The van der Waals surface area contributed by atoms with Crippen LogP contribution in [0.3, 0.4) is 0 Å². The van der Waals surface area contributed by atoms with E-state index in [4.69, 9.17) is 0 Å². The van der Waals surface area contributed by atoms with Gasteiger partial charge in [-0.2, -0.15) is 0 Å². The van der Waals surface area contributed by atoms with Gasteiger partial charge in [-0.1, -0.05) is 50.2 Å². The molecule has 1 N–H and O–H groups in total. The third-order valence-electron chi connectivity index (χ3n) is 5.35. The lowest BCUT2D eigenvalue weighted by Crippen LogP contribution is -2.39. The van der Waals surface area contributed by atoms with E-state index in [1.54, 1.807) is 42.3 Å². The first kappa shape index (κ1) is 18.5. The van der Waals surface area contributed by atoms with Crippen LogP contribution in [0.5, 0.6) is 0 Å². The van der Waals surface area contributed by atoms with Gasteiger partial charge in [0.05, 0.1) is 4.90 Å². The highest BCUT2D eigenvalue weighted by molar-refractivity contribution is 7.93. The Kier molecular flexibility index (Phi) is 4.19. The number of hydrogen-bond donors (Lipinski definition) is 1. The molecule has 28 heavy (non-hydrogen) atoms. The van der Waals surface area contributed by atoms with Gasteiger partial charge in [-0.15, -0.1) is 0 Å². The van der Waals surface area contributed by atoms with Crippen molar-refractivity contribution in [3.63, 3.8) is 0 Å². The van der Waals surface area contributed by atoms with Crippen molar-refractivity contribution in [1.29, 1.82) is 0 Å². The number of fused-ring (bicyclic) bond motifs is 2. The first-order chi connectivity index (χ1) is 13.2. The maximum Gasteiger partial charge on any atom is 0.262 e. The third-order valence-corrected chi connectivity index (χ3v) is 6.79. The molecule has 0 saturated carbocycles. The molecular weight excluding hydrogens is 372 g/mol. The minimum atomic E-state index is -3.76. The summed E-state index contributed by atoms with van der Waals surface area (Å²) < 4.78 is 28.9. The Labute approximate surface area is 165 Å². The van der Waals surface area contributed by atoms with Crippen LogP contribution < -0.4 is 9.62 Å². The van der Waals surface area contributed by atoms with Crippen molar-refractivity contribution in [2.45, 2.75) is 30.6 Å². The van der Waals surface area contributed by atoms with Crippen LogP contribution in [0.1, 0.15) is 25.8 Å². The summed E-state index contributed by atoms with van der Waals surface area (Å²) in [5, 5.41) is 1.55. The molecule has 1 heterocycles. The van der Waals surface area contributed by atoms with Crippen LogP contribution in [-0.4, -0.2) is 21.4 Å². The molecule has 144 valence electrons. The van der Waals surface area contributed by atoms with Gasteiger partial charge in [-0.05, 0) is 35.2 Å². The van der Waals surface area contributed by atoms with E-state index in [-0.39, 0.29) is 16.2 Å². The molecule has 5 nitrogen and oxygen atoms in total. The number of sulfonamides is 1. The number of anilines is 2. The highest BCUT2D eigenvalue weighted by Crippen LogP contribution is 2.41. The minimum absolute atomic E-state index is 0.0570. The Hall–Kier alpha value is -2.86. The molecule has 0 saturated heterocycles. The van der Waals surface area contributed by atoms with Crippen molar-refractivity contribution in [2.24, 2.45) is 0 Å². The Balaban J connectivity index is 1.76. The second-order valence-corrected chi connectivity index (χ2v) is 9.48. The van der Waals surface area contributed by atoms with Crippen molar-refractivity contribution in [3.8, 4) is 0 Å². The topological polar surface area (TPSA) is 66.5 Å². The maximum absolute atomic E-state index is 13.1. The predicted molar refractivity (Wildman–Crippen MR) is 112 cm³/mol. The zero-order chi connectivity index (χ0) is 20.1. The molecule has 0 unspecified atom stereocenters. The van der Waals surface area contributed by atoms with Crippen LogP contribution in [0.25, 0.3) is 10.8 Å². The van der Waals surface area contributed by atoms with E-state index in [1.165, 1.54) is 0 Å². The van der Waals surface area contributed by atoms with Crippen molar-refractivity contribution in [3.05, 3.63) is 66.2 Å². The lowest BCUT2D eigenvalue weighted by atomic mass is 9.77. The number of hydrogen-bond acceptors (Lipinski definition) is 3. The van der Waals surface area contributed by atoms with Gasteiger partial charge in [-0.25, -0.2) is 8.42 Å². The first-order valence-electron chi connectivity index (χ1n) is 9.11. The Bertz CT molecular complexity index is 1190. The summed E-state index contributed by atoms with van der Waals surface area (Å²) in [5.41, 5.74) is 1.89. The fourth-order valence-electron chi connectivity index (χ4n) is 3.80. The smallest absolute Gasteiger partial charge is 0.262 e. The van der Waals surface area contributed by atoms with E-state index in [1.807, 2.05) is 44.2 Å². The van der Waals surface area contributed by atoms with E-state index in [0.29, 0.717) is 17.5 Å². The van der Waals surface area contributed by atoms with Crippen molar-refractivity contribution in [1.82, 2.24) is 0 Å². The number of amides is 1. The van der Waals surface area contributed by atoms with E-state index >= 15 is 0 Å². The van der Waals surface area contributed by atoms with Gasteiger partial charge in [-0.3, -0.25) is 9.52 Å². The van der Waals surface area contributed by atoms with Gasteiger partial charge >= 0.3 is 0 Å². The molecule has 0 bridgehead atoms. The van der Waals surface area contributed by atoms with E-state index < -0.39 is 10.0 Å². The van der Waals surface area contributed by atoms with Gasteiger partial charge in [0.1, 0.15) is 0 Å². The number of nitrogens with one attached hydrogen (secondary N) is 1. The molecule has 0 fully saturated rings. The van der Waals surface area contributed by atoms with Gasteiger partial charge in [0.2, 0.25) is 5.91 Å². The largest absolute Gasteiger partial charge is 0.315 e. The lowest BCUT2D eigenvalue weighted by Gasteiger charge is -2.37. The summed E-state index contributed by atoms with van der Waals surface area (Å²) in [6, 6.07) is 18.0. The zero-order valence-corrected chi connectivity index (χ0v) is 16.9. The molecule has 0 radical (unpaired) electrons. The monoisotopic (exact) mass is 394 g/mol. The second-order valence-electron chi connectivity index (χ2n) is 7.83. The summed E-state index contributed by atoms with van der Waals surface area (Å²) in [5.74, 6) is 0.0570. The average Bonchev–Trinajstić information content (AvgIpc) is 2.65. The molecular formula is C22H22N2O3S. The van der Waals surface area contributed by atoms with Crippen LogP contribution in [-0.2, 0) is 20.2 Å². The van der Waals surface area contributed by atoms with E-state index in [0.717, 1.165) is 16.6 Å². The second kappa shape index (κ2) is 6.34. The van der Waals surface area contributed by atoms with E-state index in [2.05, 4.69) is 4.72 Å². The molecule has 0 aliphatic carbocycles. The van der Waals surface area contributed by atoms with Crippen molar-refractivity contribution < 1.29 is 13.2 Å². The van der Waals surface area contributed by atoms with Crippen LogP contribution in [0.2, 0.25) is 0 Å². The summed E-state index contributed by atoms with van der Waals surface area (Å²) in [6.45, 7) is 4.00. The standard InChI is InChI=1S/C22H22N2O3S/c1-22(2)14-21(25)24(3)19-12-11-16(13-18(19)22)23-28(26,27)20-10-6-8-15-7-4-5-9-17(15)20/h4-13,23H,14H2,1-3H3. The predicted octanol–water partition coefficient (Wildman–Crippen LogP) is 4.28. The molecule has 3 aromatic rings. The van der Waals surface area contributed by atoms with Gasteiger partial charge in [0, 0.05) is 35.6 Å². The lowest BCUT2D eigenvalue weighted by molar-refractivity contribution is -0.119. The Morgan fingerprint density at radius 3 is 2.50 bits per heavy atom. The van der Waals surface area contributed by atoms with Crippen LogP contribution in [0, 0.1) is 0 Å². The number of carbonyl (C=O) groups excluding carboxylic acids is 1. The van der Waals surface area contributed by atoms with E-state index in [9.17, 15) is 13.2 Å². The highest BCUT2D eigenvalue weighted by Gasteiger charge is 2.35. The molecule has 6 heteroatoms. The Morgan fingerprint density at radius 1 is 1.00 bits per heavy atom. The quantitative estimate of drug-likeness (QED) is 0.721. The van der Waals surface area contributed by atoms with Crippen LogP contribution in [0.4, 0.5) is 11.4 Å². The Morgan fingerprint density at radius 2 is 1.71 bits per heavy atom. The summed E-state index contributed by atoms with van der Waals surface area (Å²) >= 11 is 0. The summed E-state index contributed by atoms with van der Waals surface area (Å²) in [4.78, 5) is 14.1. The van der Waals surface area contributed by atoms with Gasteiger partial charge in [0.15, 0.2) is 0 Å². The third kappa shape index (κ3) is 3.03.